The quantitative estimate of drug-likeness (QED) is 0.937. The molecule has 1 N–H and O–H groups in total. The van der Waals surface area contributed by atoms with Crippen LogP contribution in [0.25, 0.3) is 0 Å². The van der Waals surface area contributed by atoms with Crippen molar-refractivity contribution in [2.24, 2.45) is 0 Å². The number of carbonyl (C=O) groups excluding carboxylic acids is 1. The van der Waals surface area contributed by atoms with E-state index in [0.717, 1.165) is 24.8 Å². The molecule has 3 rings (SSSR count). The highest BCUT2D eigenvalue weighted by Crippen LogP contribution is 2.37. The standard InChI is InChI=1S/C19H22N2O/c1-19(11-5-9-15-10-6-13-20-17(15)19)12-14-21-18(22)16-7-3-2-4-8-16/h2-4,6-8,10,13H,5,9,11-12,14H2,1H3,(H,21,22). The molecule has 3 nitrogen and oxygen atoms in total. The van der Waals surface area contributed by atoms with Crippen molar-refractivity contribution in [3.05, 3.63) is 65.5 Å². The summed E-state index contributed by atoms with van der Waals surface area (Å²) in [6.45, 7) is 2.95. The minimum Gasteiger partial charge on any atom is -0.352 e. The number of aromatic nitrogens is 1. The van der Waals surface area contributed by atoms with Gasteiger partial charge in [-0.2, -0.15) is 0 Å². The molecule has 0 radical (unpaired) electrons. The van der Waals surface area contributed by atoms with Crippen LogP contribution < -0.4 is 5.32 Å². The first-order chi connectivity index (χ1) is 10.7. The molecule has 1 aromatic carbocycles. The van der Waals surface area contributed by atoms with Crippen LogP contribution in [0.1, 0.15) is 47.8 Å². The minimum absolute atomic E-state index is 0.00116. The van der Waals surface area contributed by atoms with Crippen LogP contribution in [-0.2, 0) is 11.8 Å². The van der Waals surface area contributed by atoms with Crippen LogP contribution in [0.4, 0.5) is 0 Å². The van der Waals surface area contributed by atoms with Gasteiger partial charge in [0, 0.05) is 29.4 Å². The molecule has 0 bridgehead atoms. The summed E-state index contributed by atoms with van der Waals surface area (Å²) < 4.78 is 0. The van der Waals surface area contributed by atoms with Gasteiger partial charge >= 0.3 is 0 Å². The lowest BCUT2D eigenvalue weighted by atomic mass is 9.72. The number of fused-ring (bicyclic) bond motifs is 1. The highest BCUT2D eigenvalue weighted by atomic mass is 16.1. The van der Waals surface area contributed by atoms with Gasteiger partial charge in [0.1, 0.15) is 0 Å². The SMILES string of the molecule is CC1(CCNC(=O)c2ccccc2)CCCc2cccnc21. The van der Waals surface area contributed by atoms with Crippen LogP contribution in [0, 0.1) is 0 Å². The molecular formula is C19H22N2O. The van der Waals surface area contributed by atoms with Crippen molar-refractivity contribution in [1.82, 2.24) is 10.3 Å². The van der Waals surface area contributed by atoms with Crippen molar-refractivity contribution < 1.29 is 4.79 Å². The zero-order chi connectivity index (χ0) is 15.4. The van der Waals surface area contributed by atoms with Crippen LogP contribution in [0.15, 0.2) is 48.7 Å². The number of nitrogens with one attached hydrogen (secondary N) is 1. The molecular weight excluding hydrogens is 272 g/mol. The molecule has 22 heavy (non-hydrogen) atoms. The Hall–Kier alpha value is -2.16. The van der Waals surface area contributed by atoms with E-state index in [9.17, 15) is 4.79 Å². The molecule has 0 aliphatic heterocycles. The first-order valence-electron chi connectivity index (χ1n) is 7.97. The predicted molar refractivity (Wildman–Crippen MR) is 87.9 cm³/mol. The van der Waals surface area contributed by atoms with E-state index in [-0.39, 0.29) is 11.3 Å². The Morgan fingerprint density at radius 3 is 2.86 bits per heavy atom. The number of pyridine rings is 1. The number of hydrogen-bond acceptors (Lipinski definition) is 2. The summed E-state index contributed by atoms with van der Waals surface area (Å²) >= 11 is 0. The summed E-state index contributed by atoms with van der Waals surface area (Å²) in [5, 5.41) is 3.04. The highest BCUT2D eigenvalue weighted by Gasteiger charge is 2.32. The Balaban J connectivity index is 1.63. The van der Waals surface area contributed by atoms with Gasteiger partial charge in [0.2, 0.25) is 0 Å². The third kappa shape index (κ3) is 3.03. The number of nitrogens with zero attached hydrogens (tertiary/aromatic N) is 1. The third-order valence-electron chi connectivity index (χ3n) is 4.64. The summed E-state index contributed by atoms with van der Waals surface area (Å²) in [4.78, 5) is 16.7. The van der Waals surface area contributed by atoms with Crippen LogP contribution in [0.2, 0.25) is 0 Å². The van der Waals surface area contributed by atoms with Crippen molar-refractivity contribution >= 4 is 5.91 Å². The normalized spacial score (nSPS) is 20.2. The van der Waals surface area contributed by atoms with E-state index < -0.39 is 0 Å². The number of hydrogen-bond donors (Lipinski definition) is 1. The maximum absolute atomic E-state index is 12.1. The number of rotatable bonds is 4. The van der Waals surface area contributed by atoms with Gasteiger partial charge < -0.3 is 5.32 Å². The second-order valence-electron chi connectivity index (χ2n) is 6.30. The summed E-state index contributed by atoms with van der Waals surface area (Å²) in [5.41, 5.74) is 3.37. The molecule has 2 aromatic rings. The lowest BCUT2D eigenvalue weighted by Crippen LogP contribution is -2.34. The van der Waals surface area contributed by atoms with Gasteiger partial charge in [-0.1, -0.05) is 31.2 Å². The second kappa shape index (κ2) is 6.30. The van der Waals surface area contributed by atoms with Crippen molar-refractivity contribution in [2.75, 3.05) is 6.54 Å². The van der Waals surface area contributed by atoms with Gasteiger partial charge in [-0.3, -0.25) is 9.78 Å². The monoisotopic (exact) mass is 294 g/mol. The third-order valence-corrected chi connectivity index (χ3v) is 4.64. The zero-order valence-electron chi connectivity index (χ0n) is 13.0. The molecule has 1 aliphatic rings. The van der Waals surface area contributed by atoms with Crippen LogP contribution in [0.5, 0.6) is 0 Å². The molecule has 1 aromatic heterocycles. The van der Waals surface area contributed by atoms with E-state index >= 15 is 0 Å². The number of amides is 1. The molecule has 114 valence electrons. The molecule has 0 saturated heterocycles. The molecule has 1 unspecified atom stereocenters. The van der Waals surface area contributed by atoms with Crippen molar-refractivity contribution in [3.8, 4) is 0 Å². The average molecular weight is 294 g/mol. The Morgan fingerprint density at radius 2 is 2.05 bits per heavy atom. The number of benzene rings is 1. The summed E-state index contributed by atoms with van der Waals surface area (Å²) in [5.74, 6) is 0.00116. The van der Waals surface area contributed by atoms with Gasteiger partial charge in [-0.05, 0) is 49.4 Å². The van der Waals surface area contributed by atoms with Crippen LogP contribution >= 0.6 is 0 Å². The first kappa shape index (κ1) is 14.8. The minimum atomic E-state index is 0.00116. The Kier molecular flexibility index (Phi) is 4.23. The number of carbonyl (C=O) groups is 1. The summed E-state index contributed by atoms with van der Waals surface area (Å²) in [6.07, 6.45) is 6.26. The molecule has 1 aliphatic carbocycles. The predicted octanol–water partition coefficient (Wildman–Crippen LogP) is 3.50. The van der Waals surface area contributed by atoms with E-state index in [2.05, 4.69) is 23.3 Å². The fourth-order valence-electron chi connectivity index (χ4n) is 3.36. The summed E-state index contributed by atoms with van der Waals surface area (Å²) in [6, 6.07) is 13.6. The van der Waals surface area contributed by atoms with Gasteiger partial charge in [0.15, 0.2) is 0 Å². The highest BCUT2D eigenvalue weighted by molar-refractivity contribution is 5.94. The van der Waals surface area contributed by atoms with Crippen molar-refractivity contribution in [1.29, 1.82) is 0 Å². The molecule has 0 spiro atoms. The fraction of sp³-hybridized carbons (Fsp3) is 0.368. The molecule has 3 heteroatoms. The molecule has 0 saturated carbocycles. The summed E-state index contributed by atoms with van der Waals surface area (Å²) in [7, 11) is 0. The van der Waals surface area contributed by atoms with Gasteiger partial charge in [0.25, 0.3) is 5.91 Å². The lowest BCUT2D eigenvalue weighted by Gasteiger charge is -2.34. The topological polar surface area (TPSA) is 42.0 Å². The fourth-order valence-corrected chi connectivity index (χ4v) is 3.36. The lowest BCUT2D eigenvalue weighted by molar-refractivity contribution is 0.0950. The Bertz CT molecular complexity index is 653. The van der Waals surface area contributed by atoms with Gasteiger partial charge in [0.05, 0.1) is 0 Å². The van der Waals surface area contributed by atoms with E-state index in [4.69, 9.17) is 0 Å². The van der Waals surface area contributed by atoms with Crippen LogP contribution in [-0.4, -0.2) is 17.4 Å². The average Bonchev–Trinajstić information content (AvgIpc) is 2.56. The molecule has 1 amide bonds. The number of aryl methyl sites for hydroxylation is 1. The van der Waals surface area contributed by atoms with E-state index in [0.29, 0.717) is 6.54 Å². The maximum Gasteiger partial charge on any atom is 0.251 e. The molecule has 0 fully saturated rings. The van der Waals surface area contributed by atoms with Crippen molar-refractivity contribution in [2.45, 2.75) is 38.0 Å². The van der Waals surface area contributed by atoms with E-state index in [1.807, 2.05) is 42.6 Å². The zero-order valence-corrected chi connectivity index (χ0v) is 13.0. The van der Waals surface area contributed by atoms with Gasteiger partial charge in [-0.25, -0.2) is 0 Å². The van der Waals surface area contributed by atoms with Crippen LogP contribution in [0.3, 0.4) is 0 Å². The molecule has 1 atom stereocenters. The maximum atomic E-state index is 12.1. The van der Waals surface area contributed by atoms with E-state index in [1.165, 1.54) is 17.7 Å². The van der Waals surface area contributed by atoms with Gasteiger partial charge in [-0.15, -0.1) is 0 Å². The van der Waals surface area contributed by atoms with E-state index in [1.54, 1.807) is 0 Å². The second-order valence-corrected chi connectivity index (χ2v) is 6.30. The Labute approximate surface area is 131 Å². The van der Waals surface area contributed by atoms with Crippen molar-refractivity contribution in [3.63, 3.8) is 0 Å². The smallest absolute Gasteiger partial charge is 0.251 e. The first-order valence-corrected chi connectivity index (χ1v) is 7.97. The Morgan fingerprint density at radius 1 is 1.23 bits per heavy atom. The molecule has 1 heterocycles. The largest absolute Gasteiger partial charge is 0.352 e.